The third kappa shape index (κ3) is 50.9. The topological polar surface area (TPSA) is 78.9 Å². The zero-order valence-corrected chi connectivity index (χ0v) is 42.0. The number of esters is 3. The lowest BCUT2D eigenvalue weighted by Crippen LogP contribution is -2.30. The first-order valence-corrected chi connectivity index (χ1v) is 26.4. The molecule has 0 amide bonds. The SMILES string of the molecule is CC/C=C\C/C=C\C/C=C\C/C=C\CCCCCC(=O)OC(COC(=O)CCCC/C=C\C/C=C\C/C=C\CC)COC(=O)CCCCCCCCCCCC/C=C\C=C/CCCCC. The third-order valence-electron chi connectivity index (χ3n) is 10.8. The number of ether oxygens (including phenoxy) is 3. The van der Waals surface area contributed by atoms with Crippen molar-refractivity contribution in [2.45, 2.75) is 232 Å². The molecule has 0 N–H and O–H groups in total. The Morgan fingerprint density at radius 1 is 0.338 bits per heavy atom. The van der Waals surface area contributed by atoms with E-state index in [1.54, 1.807) is 0 Å². The number of allylic oxidation sites excluding steroid dienone is 18. The predicted molar refractivity (Wildman–Crippen MR) is 279 cm³/mol. The second-order valence-electron chi connectivity index (χ2n) is 17.0. The van der Waals surface area contributed by atoms with Crippen LogP contribution in [0.25, 0.3) is 0 Å². The molecule has 1 unspecified atom stereocenters. The highest BCUT2D eigenvalue weighted by Crippen LogP contribution is 2.14. The Bertz CT molecular complexity index is 1360. The minimum atomic E-state index is -0.813. The smallest absolute Gasteiger partial charge is 0.306 e. The molecule has 0 fully saturated rings. The number of carbonyl (C=O) groups is 3. The molecule has 0 saturated carbocycles. The van der Waals surface area contributed by atoms with Gasteiger partial charge in [-0.3, -0.25) is 14.4 Å². The Balaban J connectivity index is 4.46. The fourth-order valence-corrected chi connectivity index (χ4v) is 6.85. The van der Waals surface area contributed by atoms with Gasteiger partial charge < -0.3 is 14.2 Å². The summed E-state index contributed by atoms with van der Waals surface area (Å²) >= 11 is 0. The van der Waals surface area contributed by atoms with Crippen molar-refractivity contribution < 1.29 is 28.6 Å². The lowest BCUT2D eigenvalue weighted by Gasteiger charge is -2.18. The van der Waals surface area contributed by atoms with Gasteiger partial charge in [0.25, 0.3) is 0 Å². The molecule has 0 heterocycles. The fraction of sp³-hybridized carbons (Fsp3) is 0.644. The molecule has 0 saturated heterocycles. The molecule has 0 rings (SSSR count). The quantitative estimate of drug-likeness (QED) is 0.0199. The number of hydrogen-bond acceptors (Lipinski definition) is 6. The third-order valence-corrected chi connectivity index (χ3v) is 10.8. The van der Waals surface area contributed by atoms with E-state index in [0.717, 1.165) is 109 Å². The number of unbranched alkanes of at least 4 members (excludes halogenated alkanes) is 18. The molecule has 0 aliphatic carbocycles. The van der Waals surface area contributed by atoms with Crippen LogP contribution < -0.4 is 0 Å². The molecule has 0 aromatic heterocycles. The Labute approximate surface area is 400 Å². The molecule has 0 bridgehead atoms. The van der Waals surface area contributed by atoms with Gasteiger partial charge >= 0.3 is 17.9 Å². The van der Waals surface area contributed by atoms with Gasteiger partial charge in [-0.05, 0) is 116 Å². The van der Waals surface area contributed by atoms with Gasteiger partial charge in [0.1, 0.15) is 13.2 Å². The van der Waals surface area contributed by atoms with Crippen LogP contribution in [-0.2, 0) is 28.6 Å². The molecule has 0 aliphatic heterocycles. The molecular formula is C59H96O6. The van der Waals surface area contributed by atoms with E-state index in [1.165, 1.54) is 77.0 Å². The zero-order chi connectivity index (χ0) is 47.2. The summed E-state index contributed by atoms with van der Waals surface area (Å²) in [5.74, 6) is -0.988. The normalized spacial score (nSPS) is 13.0. The van der Waals surface area contributed by atoms with E-state index in [4.69, 9.17) is 14.2 Å². The molecule has 0 spiro atoms. The number of carbonyl (C=O) groups excluding carboxylic acids is 3. The minimum Gasteiger partial charge on any atom is -0.462 e. The highest BCUT2D eigenvalue weighted by molar-refractivity contribution is 5.71. The highest BCUT2D eigenvalue weighted by atomic mass is 16.6. The summed E-state index contributed by atoms with van der Waals surface area (Å²) in [6.07, 6.45) is 70.8. The summed E-state index contributed by atoms with van der Waals surface area (Å²) in [7, 11) is 0. The predicted octanol–water partition coefficient (Wildman–Crippen LogP) is 17.5. The van der Waals surface area contributed by atoms with E-state index in [2.05, 4.69) is 130 Å². The van der Waals surface area contributed by atoms with Crippen LogP contribution >= 0.6 is 0 Å². The van der Waals surface area contributed by atoms with Crippen molar-refractivity contribution in [3.8, 4) is 0 Å². The molecule has 6 heteroatoms. The van der Waals surface area contributed by atoms with Gasteiger partial charge in [-0.1, -0.05) is 201 Å². The lowest BCUT2D eigenvalue weighted by molar-refractivity contribution is -0.167. The number of hydrogen-bond donors (Lipinski definition) is 0. The molecular weight excluding hydrogens is 805 g/mol. The largest absolute Gasteiger partial charge is 0.462 e. The summed E-state index contributed by atoms with van der Waals surface area (Å²) in [5, 5.41) is 0. The Kier molecular flexibility index (Phi) is 49.5. The van der Waals surface area contributed by atoms with Crippen LogP contribution in [0.3, 0.4) is 0 Å². The standard InChI is InChI=1S/C59H96O6/c1-4-7-10-13-16-19-22-25-27-29-30-31-33-34-37-40-43-46-49-52-58(61)64-55-56(54-63-57(60)51-48-45-42-39-36-24-21-18-15-12-9-6-3)65-59(62)53-50-47-44-41-38-35-32-28-26-23-20-17-14-11-8-5-2/h8-9,11-12,16-22,25-26,28,35-36,38-39,56H,4-7,10,13-15,23-24,27,29-34,37,40-55H2,1-3H3/b11-8-,12-9-,19-16-,20-17-,21-18-,25-22-,28-26-,38-35-,39-36-. The van der Waals surface area contributed by atoms with Crippen LogP contribution in [0.5, 0.6) is 0 Å². The summed E-state index contributed by atoms with van der Waals surface area (Å²) < 4.78 is 16.7. The van der Waals surface area contributed by atoms with Crippen LogP contribution in [0, 0.1) is 0 Å². The second kappa shape index (κ2) is 52.7. The number of rotatable bonds is 46. The zero-order valence-electron chi connectivity index (χ0n) is 42.0. The van der Waals surface area contributed by atoms with Gasteiger partial charge in [-0.2, -0.15) is 0 Å². The van der Waals surface area contributed by atoms with Crippen molar-refractivity contribution in [1.82, 2.24) is 0 Å². The van der Waals surface area contributed by atoms with E-state index in [0.29, 0.717) is 12.8 Å². The average Bonchev–Trinajstić information content (AvgIpc) is 3.30. The van der Waals surface area contributed by atoms with Crippen molar-refractivity contribution in [3.63, 3.8) is 0 Å². The van der Waals surface area contributed by atoms with E-state index >= 15 is 0 Å². The van der Waals surface area contributed by atoms with Gasteiger partial charge in [0, 0.05) is 19.3 Å². The molecule has 1 atom stereocenters. The first-order valence-electron chi connectivity index (χ1n) is 26.4. The maximum atomic E-state index is 12.8. The van der Waals surface area contributed by atoms with E-state index < -0.39 is 6.10 Å². The summed E-state index contributed by atoms with van der Waals surface area (Å²) in [6, 6.07) is 0. The average molecular weight is 901 g/mol. The van der Waals surface area contributed by atoms with Crippen LogP contribution in [-0.4, -0.2) is 37.2 Å². The molecule has 0 radical (unpaired) electrons. The molecule has 0 aromatic rings. The first-order chi connectivity index (χ1) is 32.0. The highest BCUT2D eigenvalue weighted by Gasteiger charge is 2.19. The van der Waals surface area contributed by atoms with Crippen LogP contribution in [0.1, 0.15) is 226 Å². The van der Waals surface area contributed by atoms with Crippen molar-refractivity contribution in [2.75, 3.05) is 13.2 Å². The summed E-state index contributed by atoms with van der Waals surface area (Å²) in [5.41, 5.74) is 0. The van der Waals surface area contributed by atoms with Crippen molar-refractivity contribution in [1.29, 1.82) is 0 Å². The van der Waals surface area contributed by atoms with Crippen LogP contribution in [0.15, 0.2) is 109 Å². The van der Waals surface area contributed by atoms with Crippen LogP contribution in [0.4, 0.5) is 0 Å². The Morgan fingerprint density at radius 2 is 0.646 bits per heavy atom. The maximum absolute atomic E-state index is 12.8. The Morgan fingerprint density at radius 3 is 1.08 bits per heavy atom. The summed E-state index contributed by atoms with van der Waals surface area (Å²) in [6.45, 7) is 6.31. The molecule has 6 nitrogen and oxygen atoms in total. The molecule has 0 aromatic carbocycles. The second-order valence-corrected chi connectivity index (χ2v) is 17.0. The van der Waals surface area contributed by atoms with E-state index in [1.807, 2.05) is 0 Å². The van der Waals surface area contributed by atoms with Crippen molar-refractivity contribution in [2.24, 2.45) is 0 Å². The van der Waals surface area contributed by atoms with Gasteiger partial charge in [0.05, 0.1) is 0 Å². The Hall–Kier alpha value is -3.93. The summed E-state index contributed by atoms with van der Waals surface area (Å²) in [4.78, 5) is 38.0. The van der Waals surface area contributed by atoms with Gasteiger partial charge in [0.2, 0.25) is 0 Å². The monoisotopic (exact) mass is 901 g/mol. The van der Waals surface area contributed by atoms with Crippen molar-refractivity contribution >= 4 is 17.9 Å². The minimum absolute atomic E-state index is 0.107. The van der Waals surface area contributed by atoms with E-state index in [9.17, 15) is 14.4 Å². The van der Waals surface area contributed by atoms with Crippen LogP contribution in [0.2, 0.25) is 0 Å². The maximum Gasteiger partial charge on any atom is 0.306 e. The molecule has 65 heavy (non-hydrogen) atoms. The molecule has 368 valence electrons. The van der Waals surface area contributed by atoms with Gasteiger partial charge in [-0.25, -0.2) is 0 Å². The molecule has 0 aliphatic rings. The fourth-order valence-electron chi connectivity index (χ4n) is 6.85. The van der Waals surface area contributed by atoms with Gasteiger partial charge in [-0.15, -0.1) is 0 Å². The van der Waals surface area contributed by atoms with E-state index in [-0.39, 0.29) is 37.5 Å². The van der Waals surface area contributed by atoms with Gasteiger partial charge in [0.15, 0.2) is 6.10 Å². The lowest BCUT2D eigenvalue weighted by atomic mass is 10.1. The van der Waals surface area contributed by atoms with Crippen molar-refractivity contribution in [3.05, 3.63) is 109 Å². The first kappa shape index (κ1) is 61.1.